The van der Waals surface area contributed by atoms with Gasteiger partial charge in [-0.25, -0.2) is 0 Å². The van der Waals surface area contributed by atoms with Crippen molar-refractivity contribution in [1.82, 2.24) is 15.5 Å². The van der Waals surface area contributed by atoms with Crippen molar-refractivity contribution in [3.8, 4) is 0 Å². The quantitative estimate of drug-likeness (QED) is 0.407. The van der Waals surface area contributed by atoms with Gasteiger partial charge in [0.25, 0.3) is 5.91 Å². The molecule has 1 amide bonds. The summed E-state index contributed by atoms with van der Waals surface area (Å²) < 4.78 is 0. The zero-order chi connectivity index (χ0) is 20.2. The minimum Gasteiger partial charge on any atom is -0.384 e. The average molecular weight is 386 g/mol. The third-order valence-electron chi connectivity index (χ3n) is 5.00. The molecule has 6 nitrogen and oxygen atoms in total. The van der Waals surface area contributed by atoms with Crippen LogP contribution in [0.5, 0.6) is 0 Å². The highest BCUT2D eigenvalue weighted by molar-refractivity contribution is 5.93. The highest BCUT2D eigenvalue weighted by Crippen LogP contribution is 2.32. The third-order valence-corrected chi connectivity index (χ3v) is 5.00. The van der Waals surface area contributed by atoms with E-state index in [2.05, 4.69) is 20.8 Å². The van der Waals surface area contributed by atoms with E-state index >= 15 is 0 Å². The van der Waals surface area contributed by atoms with E-state index in [0.717, 1.165) is 33.2 Å². The normalized spacial score (nSPS) is 11.9. The maximum absolute atomic E-state index is 11.9. The molecule has 4 aromatic rings. The number of para-hydroxylation sites is 1. The van der Waals surface area contributed by atoms with Gasteiger partial charge in [-0.3, -0.25) is 9.89 Å². The van der Waals surface area contributed by atoms with Gasteiger partial charge in [-0.05, 0) is 22.4 Å². The second kappa shape index (κ2) is 8.16. The minimum absolute atomic E-state index is 0.243. The number of aliphatic hydroxyl groups is 1. The van der Waals surface area contributed by atoms with Crippen LogP contribution in [-0.2, 0) is 6.54 Å². The fourth-order valence-corrected chi connectivity index (χ4v) is 3.51. The first-order valence-corrected chi connectivity index (χ1v) is 9.42. The SMILES string of the molecule is CNC(=O)c1n[nH]cc1CNc1ccccc1C(O)c1cccc2ccccc12. The number of aromatic amines is 1. The van der Waals surface area contributed by atoms with Crippen molar-refractivity contribution < 1.29 is 9.90 Å². The fourth-order valence-electron chi connectivity index (χ4n) is 3.51. The third kappa shape index (κ3) is 3.70. The van der Waals surface area contributed by atoms with E-state index in [1.165, 1.54) is 0 Å². The molecule has 4 rings (SSSR count). The van der Waals surface area contributed by atoms with Gasteiger partial charge in [0.15, 0.2) is 5.69 Å². The summed E-state index contributed by atoms with van der Waals surface area (Å²) in [7, 11) is 1.57. The second-order valence-electron chi connectivity index (χ2n) is 6.75. The molecule has 3 aromatic carbocycles. The van der Waals surface area contributed by atoms with E-state index in [1.54, 1.807) is 13.2 Å². The molecule has 29 heavy (non-hydrogen) atoms. The molecule has 0 aliphatic carbocycles. The molecule has 6 heteroatoms. The number of hydrogen-bond acceptors (Lipinski definition) is 4. The van der Waals surface area contributed by atoms with Crippen molar-refractivity contribution in [2.45, 2.75) is 12.6 Å². The molecule has 0 saturated heterocycles. The van der Waals surface area contributed by atoms with Crippen molar-refractivity contribution in [1.29, 1.82) is 0 Å². The summed E-state index contributed by atoms with van der Waals surface area (Å²) in [5.41, 5.74) is 3.53. The van der Waals surface area contributed by atoms with Crippen molar-refractivity contribution in [2.75, 3.05) is 12.4 Å². The van der Waals surface area contributed by atoms with Gasteiger partial charge in [0, 0.05) is 36.6 Å². The van der Waals surface area contributed by atoms with Gasteiger partial charge in [-0.1, -0.05) is 60.7 Å². The molecule has 0 spiro atoms. The molecule has 1 atom stereocenters. The summed E-state index contributed by atoms with van der Waals surface area (Å²) in [4.78, 5) is 11.9. The predicted molar refractivity (Wildman–Crippen MR) is 114 cm³/mol. The molecule has 0 aliphatic heterocycles. The number of aromatic nitrogens is 2. The highest BCUT2D eigenvalue weighted by atomic mass is 16.3. The van der Waals surface area contributed by atoms with Crippen molar-refractivity contribution in [3.05, 3.63) is 95.3 Å². The Morgan fingerprint density at radius 3 is 2.62 bits per heavy atom. The number of aliphatic hydroxyl groups excluding tert-OH is 1. The molecule has 1 aromatic heterocycles. The second-order valence-corrected chi connectivity index (χ2v) is 6.75. The number of amides is 1. The molecule has 1 unspecified atom stereocenters. The number of carbonyl (C=O) groups is 1. The summed E-state index contributed by atoms with van der Waals surface area (Å²) in [5.74, 6) is -0.243. The number of nitrogens with zero attached hydrogens (tertiary/aromatic N) is 1. The van der Waals surface area contributed by atoms with Gasteiger partial charge >= 0.3 is 0 Å². The fraction of sp³-hybridized carbons (Fsp3) is 0.130. The smallest absolute Gasteiger partial charge is 0.271 e. The van der Waals surface area contributed by atoms with Gasteiger partial charge in [-0.15, -0.1) is 0 Å². The molecule has 0 fully saturated rings. The molecule has 1 heterocycles. The van der Waals surface area contributed by atoms with Gasteiger partial charge < -0.3 is 15.7 Å². The molecule has 146 valence electrons. The molecule has 0 radical (unpaired) electrons. The van der Waals surface area contributed by atoms with Crippen LogP contribution in [0.25, 0.3) is 10.8 Å². The molecule has 0 aliphatic rings. The lowest BCUT2D eigenvalue weighted by molar-refractivity contribution is 0.0957. The number of fused-ring (bicyclic) bond motifs is 1. The molecular weight excluding hydrogens is 364 g/mol. The Bertz CT molecular complexity index is 1150. The van der Waals surface area contributed by atoms with Crippen LogP contribution in [0, 0.1) is 0 Å². The lowest BCUT2D eigenvalue weighted by Gasteiger charge is -2.19. The number of H-pyrrole nitrogens is 1. The van der Waals surface area contributed by atoms with E-state index in [1.807, 2.05) is 66.7 Å². The highest BCUT2D eigenvalue weighted by Gasteiger charge is 2.18. The Morgan fingerprint density at radius 1 is 1.03 bits per heavy atom. The maximum Gasteiger partial charge on any atom is 0.271 e. The first-order chi connectivity index (χ1) is 14.2. The lowest BCUT2D eigenvalue weighted by atomic mass is 9.95. The number of anilines is 1. The van der Waals surface area contributed by atoms with E-state index in [9.17, 15) is 9.90 Å². The van der Waals surface area contributed by atoms with Crippen LogP contribution in [0.2, 0.25) is 0 Å². The monoisotopic (exact) mass is 386 g/mol. The number of carbonyl (C=O) groups excluding carboxylic acids is 1. The van der Waals surface area contributed by atoms with Crippen molar-refractivity contribution >= 4 is 22.4 Å². The van der Waals surface area contributed by atoms with Crippen LogP contribution < -0.4 is 10.6 Å². The van der Waals surface area contributed by atoms with E-state index < -0.39 is 6.10 Å². The van der Waals surface area contributed by atoms with E-state index in [4.69, 9.17) is 0 Å². The average Bonchev–Trinajstić information content (AvgIpc) is 3.25. The van der Waals surface area contributed by atoms with Crippen LogP contribution in [0.1, 0.15) is 33.3 Å². The van der Waals surface area contributed by atoms with Gasteiger partial charge in [0.05, 0.1) is 0 Å². The topological polar surface area (TPSA) is 90.0 Å². The maximum atomic E-state index is 11.9. The van der Waals surface area contributed by atoms with Crippen LogP contribution >= 0.6 is 0 Å². The largest absolute Gasteiger partial charge is 0.384 e. The van der Waals surface area contributed by atoms with Crippen LogP contribution in [0.15, 0.2) is 72.9 Å². The lowest BCUT2D eigenvalue weighted by Crippen LogP contribution is -2.20. The van der Waals surface area contributed by atoms with E-state index in [-0.39, 0.29) is 5.91 Å². The first-order valence-electron chi connectivity index (χ1n) is 9.42. The summed E-state index contributed by atoms with van der Waals surface area (Å²) >= 11 is 0. The molecule has 0 bridgehead atoms. The van der Waals surface area contributed by atoms with Crippen LogP contribution in [0.4, 0.5) is 5.69 Å². The minimum atomic E-state index is -0.785. The van der Waals surface area contributed by atoms with Crippen molar-refractivity contribution in [2.24, 2.45) is 0 Å². The molecule has 0 saturated carbocycles. The summed E-state index contributed by atoms with van der Waals surface area (Å²) in [6.07, 6.45) is 0.911. The van der Waals surface area contributed by atoms with Crippen LogP contribution in [0.3, 0.4) is 0 Å². The number of nitrogens with one attached hydrogen (secondary N) is 3. The Balaban J connectivity index is 1.63. The van der Waals surface area contributed by atoms with Crippen LogP contribution in [-0.4, -0.2) is 28.3 Å². The Morgan fingerprint density at radius 2 is 1.76 bits per heavy atom. The predicted octanol–water partition coefficient (Wildman–Crippen LogP) is 3.62. The molecular formula is C23H22N4O2. The van der Waals surface area contributed by atoms with Crippen molar-refractivity contribution in [3.63, 3.8) is 0 Å². The zero-order valence-corrected chi connectivity index (χ0v) is 16.0. The van der Waals surface area contributed by atoms with Gasteiger partial charge in [-0.2, -0.15) is 5.10 Å². The first kappa shape index (κ1) is 18.7. The number of hydrogen-bond donors (Lipinski definition) is 4. The summed E-state index contributed by atoms with van der Waals surface area (Å²) in [6, 6.07) is 21.6. The molecule has 4 N–H and O–H groups in total. The Kier molecular flexibility index (Phi) is 5.27. The standard InChI is InChI=1S/C23H22N4O2/c1-24-23(29)21-16(14-26-27-21)13-25-20-12-5-4-10-19(20)22(28)18-11-6-8-15-7-2-3-9-17(15)18/h2-12,14,22,25,28H,13H2,1H3,(H,24,29)(H,26,27). The summed E-state index contributed by atoms with van der Waals surface area (Å²) in [5, 5.41) is 26.0. The van der Waals surface area contributed by atoms with Gasteiger partial charge in [0.2, 0.25) is 0 Å². The summed E-state index contributed by atoms with van der Waals surface area (Å²) in [6.45, 7) is 0.401. The van der Waals surface area contributed by atoms with E-state index in [0.29, 0.717) is 12.2 Å². The Hall–Kier alpha value is -3.64. The Labute approximate surface area is 168 Å². The number of rotatable bonds is 6. The van der Waals surface area contributed by atoms with Gasteiger partial charge in [0.1, 0.15) is 6.10 Å². The number of benzene rings is 3. The zero-order valence-electron chi connectivity index (χ0n) is 16.0.